The van der Waals surface area contributed by atoms with Gasteiger partial charge in [0.1, 0.15) is 0 Å². The largest absolute Gasteiger partial charge is 0.336 e. The summed E-state index contributed by atoms with van der Waals surface area (Å²) in [4.78, 5) is 43.2. The third-order valence-electron chi connectivity index (χ3n) is 5.68. The minimum Gasteiger partial charge on any atom is -0.336 e. The molecule has 30 heavy (non-hydrogen) atoms. The van der Waals surface area contributed by atoms with Gasteiger partial charge in [0.05, 0.1) is 11.1 Å². The molecule has 0 N–H and O–H groups in total. The van der Waals surface area contributed by atoms with Crippen molar-refractivity contribution in [3.8, 4) is 0 Å². The summed E-state index contributed by atoms with van der Waals surface area (Å²) in [7, 11) is 0. The summed E-state index contributed by atoms with van der Waals surface area (Å²) in [6.45, 7) is 9.59. The van der Waals surface area contributed by atoms with Crippen molar-refractivity contribution in [1.29, 1.82) is 0 Å². The fourth-order valence-electron chi connectivity index (χ4n) is 4.08. The van der Waals surface area contributed by atoms with Gasteiger partial charge < -0.3 is 4.90 Å². The van der Waals surface area contributed by atoms with Crippen LogP contribution in [0.4, 0.5) is 0 Å². The van der Waals surface area contributed by atoms with Crippen LogP contribution in [0.15, 0.2) is 55.1 Å². The van der Waals surface area contributed by atoms with E-state index in [0.717, 1.165) is 24.5 Å². The summed E-state index contributed by atoms with van der Waals surface area (Å²) in [5.41, 5.74) is 3.62. The lowest BCUT2D eigenvalue weighted by Gasteiger charge is -2.35. The summed E-state index contributed by atoms with van der Waals surface area (Å²) in [5, 5.41) is 0. The molecule has 2 aromatic rings. The van der Waals surface area contributed by atoms with E-state index in [1.165, 1.54) is 17.2 Å². The second-order valence-electron chi connectivity index (χ2n) is 7.83. The Bertz CT molecular complexity index is 1020. The minimum atomic E-state index is -0.368. The van der Waals surface area contributed by atoms with Gasteiger partial charge in [0.2, 0.25) is 0 Å². The van der Waals surface area contributed by atoms with Crippen LogP contribution in [0.3, 0.4) is 0 Å². The molecule has 2 aliphatic heterocycles. The monoisotopic (exact) mass is 403 g/mol. The van der Waals surface area contributed by atoms with Crippen molar-refractivity contribution in [1.82, 2.24) is 14.7 Å². The van der Waals surface area contributed by atoms with E-state index in [0.29, 0.717) is 29.8 Å². The van der Waals surface area contributed by atoms with E-state index >= 15 is 0 Å². The average molecular weight is 403 g/mol. The molecular formula is C24H25N3O3. The summed E-state index contributed by atoms with van der Waals surface area (Å²) in [6.07, 6.45) is 1.52. The minimum absolute atomic E-state index is 0.101. The zero-order valence-corrected chi connectivity index (χ0v) is 17.1. The highest BCUT2D eigenvalue weighted by molar-refractivity contribution is 6.22. The maximum atomic E-state index is 13.0. The lowest BCUT2D eigenvalue weighted by atomic mass is 10.0. The highest BCUT2D eigenvalue weighted by atomic mass is 16.2. The van der Waals surface area contributed by atoms with E-state index in [2.05, 4.69) is 42.7 Å². The first-order valence-corrected chi connectivity index (χ1v) is 10.2. The number of amides is 3. The van der Waals surface area contributed by atoms with Crippen LogP contribution in [-0.4, -0.2) is 65.1 Å². The number of fused-ring (bicyclic) bond motifs is 1. The molecule has 0 radical (unpaired) electrons. The van der Waals surface area contributed by atoms with E-state index in [1.807, 2.05) is 4.90 Å². The van der Waals surface area contributed by atoms with Crippen molar-refractivity contribution < 1.29 is 14.4 Å². The standard InChI is InChI=1S/C24H25N3O3/c1-3-9-27-23(29)20-8-7-19(15-21(20)24(27)30)22(28)26-12-10-25(11-13-26)16-18-6-4-5-17(2)14-18/h3-8,14-15H,1,9-13,16H2,2H3. The normalized spacial score (nSPS) is 16.7. The molecule has 6 nitrogen and oxygen atoms in total. The van der Waals surface area contributed by atoms with Crippen LogP contribution in [0.25, 0.3) is 0 Å². The number of carbonyl (C=O) groups excluding carboxylic acids is 3. The molecule has 154 valence electrons. The molecule has 3 amide bonds. The van der Waals surface area contributed by atoms with Crippen LogP contribution in [0.1, 0.15) is 42.2 Å². The van der Waals surface area contributed by atoms with Crippen molar-refractivity contribution in [3.05, 3.63) is 82.9 Å². The summed E-state index contributed by atoms with van der Waals surface area (Å²) < 4.78 is 0. The van der Waals surface area contributed by atoms with Crippen LogP contribution in [0.2, 0.25) is 0 Å². The first kappa shape index (κ1) is 20.0. The molecule has 1 fully saturated rings. The average Bonchev–Trinajstić information content (AvgIpc) is 2.98. The van der Waals surface area contributed by atoms with Crippen LogP contribution in [-0.2, 0) is 6.54 Å². The van der Waals surface area contributed by atoms with Crippen molar-refractivity contribution >= 4 is 17.7 Å². The third-order valence-corrected chi connectivity index (χ3v) is 5.68. The number of aryl methyl sites for hydroxylation is 1. The van der Waals surface area contributed by atoms with E-state index in [-0.39, 0.29) is 24.3 Å². The molecular weight excluding hydrogens is 378 g/mol. The number of imide groups is 1. The van der Waals surface area contributed by atoms with Crippen molar-refractivity contribution in [2.75, 3.05) is 32.7 Å². The Labute approximate surface area is 176 Å². The molecule has 0 saturated carbocycles. The molecule has 2 aromatic carbocycles. The lowest BCUT2D eigenvalue weighted by Crippen LogP contribution is -2.48. The van der Waals surface area contributed by atoms with Crippen molar-refractivity contribution in [2.24, 2.45) is 0 Å². The molecule has 2 heterocycles. The highest BCUT2D eigenvalue weighted by Gasteiger charge is 2.35. The summed E-state index contributed by atoms with van der Waals surface area (Å²) in [5.74, 6) is -0.804. The van der Waals surface area contributed by atoms with Crippen LogP contribution >= 0.6 is 0 Å². The summed E-state index contributed by atoms with van der Waals surface area (Å²) in [6, 6.07) is 13.3. The lowest BCUT2D eigenvalue weighted by molar-refractivity contribution is 0.0627. The Morgan fingerprint density at radius 3 is 2.43 bits per heavy atom. The van der Waals surface area contributed by atoms with Crippen molar-refractivity contribution in [2.45, 2.75) is 13.5 Å². The molecule has 4 rings (SSSR count). The van der Waals surface area contributed by atoms with E-state index in [1.54, 1.807) is 18.2 Å². The maximum Gasteiger partial charge on any atom is 0.261 e. The Morgan fingerprint density at radius 1 is 1.00 bits per heavy atom. The molecule has 0 unspecified atom stereocenters. The summed E-state index contributed by atoms with van der Waals surface area (Å²) >= 11 is 0. The zero-order chi connectivity index (χ0) is 21.3. The number of piperazine rings is 1. The van der Waals surface area contributed by atoms with Gasteiger partial charge in [-0.05, 0) is 30.7 Å². The number of rotatable bonds is 5. The second-order valence-corrected chi connectivity index (χ2v) is 7.83. The number of hydrogen-bond donors (Lipinski definition) is 0. The molecule has 0 spiro atoms. The predicted molar refractivity (Wildman–Crippen MR) is 114 cm³/mol. The number of hydrogen-bond acceptors (Lipinski definition) is 4. The van der Waals surface area contributed by atoms with E-state index in [9.17, 15) is 14.4 Å². The van der Waals surface area contributed by atoms with Gasteiger partial charge in [0.15, 0.2) is 0 Å². The number of carbonyl (C=O) groups is 3. The quantitative estimate of drug-likeness (QED) is 0.569. The van der Waals surface area contributed by atoms with E-state index < -0.39 is 0 Å². The molecule has 0 bridgehead atoms. The van der Waals surface area contributed by atoms with Gasteiger partial charge in [0, 0.05) is 44.8 Å². The Balaban J connectivity index is 1.41. The van der Waals surface area contributed by atoms with Crippen LogP contribution in [0, 0.1) is 6.92 Å². The van der Waals surface area contributed by atoms with Gasteiger partial charge in [0.25, 0.3) is 17.7 Å². The highest BCUT2D eigenvalue weighted by Crippen LogP contribution is 2.25. The van der Waals surface area contributed by atoms with Gasteiger partial charge in [-0.15, -0.1) is 6.58 Å². The van der Waals surface area contributed by atoms with Crippen LogP contribution < -0.4 is 0 Å². The zero-order valence-electron chi connectivity index (χ0n) is 17.1. The molecule has 0 atom stereocenters. The van der Waals surface area contributed by atoms with Gasteiger partial charge >= 0.3 is 0 Å². The molecule has 1 saturated heterocycles. The first-order valence-electron chi connectivity index (χ1n) is 10.2. The van der Waals surface area contributed by atoms with Crippen LogP contribution in [0.5, 0.6) is 0 Å². The Hall–Kier alpha value is -3.25. The number of benzene rings is 2. The molecule has 6 heteroatoms. The van der Waals surface area contributed by atoms with Gasteiger partial charge in [-0.1, -0.05) is 35.9 Å². The predicted octanol–water partition coefficient (Wildman–Crippen LogP) is 2.74. The topological polar surface area (TPSA) is 60.9 Å². The second kappa shape index (κ2) is 8.24. The SMILES string of the molecule is C=CCN1C(=O)c2ccc(C(=O)N3CCN(Cc4cccc(C)c4)CC3)cc2C1=O. The third kappa shape index (κ3) is 3.78. The fourth-order valence-corrected chi connectivity index (χ4v) is 4.08. The molecule has 0 aliphatic carbocycles. The molecule has 0 aromatic heterocycles. The maximum absolute atomic E-state index is 13.0. The fraction of sp³-hybridized carbons (Fsp3) is 0.292. The van der Waals surface area contributed by atoms with Crippen molar-refractivity contribution in [3.63, 3.8) is 0 Å². The number of nitrogens with zero attached hydrogens (tertiary/aromatic N) is 3. The van der Waals surface area contributed by atoms with Gasteiger partial charge in [-0.3, -0.25) is 24.2 Å². The van der Waals surface area contributed by atoms with Gasteiger partial charge in [-0.25, -0.2) is 0 Å². The smallest absolute Gasteiger partial charge is 0.261 e. The Kier molecular flexibility index (Phi) is 5.50. The molecule has 2 aliphatic rings. The van der Waals surface area contributed by atoms with Gasteiger partial charge in [-0.2, -0.15) is 0 Å². The van der Waals surface area contributed by atoms with E-state index in [4.69, 9.17) is 0 Å². The first-order chi connectivity index (χ1) is 14.5. The Morgan fingerprint density at radius 2 is 1.73 bits per heavy atom.